The van der Waals surface area contributed by atoms with E-state index in [4.69, 9.17) is 0 Å². The normalized spacial score (nSPS) is 9.86. The first-order chi connectivity index (χ1) is 6.86. The molecule has 1 aromatic rings. The summed E-state index contributed by atoms with van der Waals surface area (Å²) >= 11 is 0. The number of nitrogens with one attached hydrogen (secondary N) is 2. The van der Waals surface area contributed by atoms with Gasteiger partial charge in [-0.05, 0) is 12.8 Å². The van der Waals surface area contributed by atoms with Gasteiger partial charge >= 0.3 is 0 Å². The Labute approximate surface area is 84.3 Å². The van der Waals surface area contributed by atoms with Gasteiger partial charge in [0.1, 0.15) is 5.82 Å². The summed E-state index contributed by atoms with van der Waals surface area (Å²) in [6, 6.07) is 0. The number of nitrogens with zero attached hydrogens (tertiary/aromatic N) is 3. The van der Waals surface area contributed by atoms with E-state index < -0.39 is 0 Å². The number of aromatic nitrogens is 3. The molecule has 0 bridgehead atoms. The lowest BCUT2D eigenvalue weighted by Crippen LogP contribution is -2.08. The molecule has 0 saturated heterocycles. The average Bonchev–Trinajstić information content (AvgIpc) is 2.24. The smallest absolute Gasteiger partial charge is 0.244 e. The fraction of sp³-hybridized carbons (Fsp3) is 0.667. The molecule has 78 valence electrons. The highest BCUT2D eigenvalue weighted by molar-refractivity contribution is 5.36. The van der Waals surface area contributed by atoms with Crippen LogP contribution >= 0.6 is 0 Å². The molecule has 0 aliphatic heterocycles. The van der Waals surface area contributed by atoms with Gasteiger partial charge in [0, 0.05) is 13.1 Å². The van der Waals surface area contributed by atoms with Crippen LogP contribution in [0, 0.1) is 0 Å². The van der Waals surface area contributed by atoms with Crippen molar-refractivity contribution in [2.45, 2.75) is 26.7 Å². The first-order valence-corrected chi connectivity index (χ1v) is 5.04. The summed E-state index contributed by atoms with van der Waals surface area (Å²) in [7, 11) is 0. The Morgan fingerprint density at radius 3 is 2.57 bits per heavy atom. The molecule has 0 aliphatic carbocycles. The van der Waals surface area contributed by atoms with Crippen LogP contribution in [0.25, 0.3) is 0 Å². The monoisotopic (exact) mass is 195 g/mol. The summed E-state index contributed by atoms with van der Waals surface area (Å²) < 4.78 is 0. The molecule has 0 aliphatic rings. The lowest BCUT2D eigenvalue weighted by Gasteiger charge is -2.05. The second kappa shape index (κ2) is 6.12. The van der Waals surface area contributed by atoms with Crippen LogP contribution in [0.1, 0.15) is 26.7 Å². The van der Waals surface area contributed by atoms with Crippen LogP contribution in [-0.2, 0) is 0 Å². The van der Waals surface area contributed by atoms with Gasteiger partial charge in [-0.2, -0.15) is 10.1 Å². The quantitative estimate of drug-likeness (QED) is 0.720. The number of rotatable bonds is 6. The highest BCUT2D eigenvalue weighted by Crippen LogP contribution is 2.02. The van der Waals surface area contributed by atoms with E-state index >= 15 is 0 Å². The van der Waals surface area contributed by atoms with Crippen LogP contribution < -0.4 is 10.6 Å². The molecule has 0 radical (unpaired) electrons. The zero-order valence-electron chi connectivity index (χ0n) is 8.75. The van der Waals surface area contributed by atoms with Crippen molar-refractivity contribution in [3.8, 4) is 0 Å². The maximum Gasteiger partial charge on any atom is 0.244 e. The molecule has 0 unspecified atom stereocenters. The van der Waals surface area contributed by atoms with Gasteiger partial charge in [-0.25, -0.2) is 0 Å². The van der Waals surface area contributed by atoms with E-state index in [-0.39, 0.29) is 0 Å². The first kappa shape index (κ1) is 10.7. The van der Waals surface area contributed by atoms with Crippen LogP contribution in [0.15, 0.2) is 6.20 Å². The van der Waals surface area contributed by atoms with E-state index in [9.17, 15) is 0 Å². The topological polar surface area (TPSA) is 62.7 Å². The Bertz CT molecular complexity index is 240. The minimum absolute atomic E-state index is 0.591. The van der Waals surface area contributed by atoms with Crippen molar-refractivity contribution in [3.05, 3.63) is 6.20 Å². The van der Waals surface area contributed by atoms with E-state index in [0.717, 1.165) is 31.7 Å². The van der Waals surface area contributed by atoms with Gasteiger partial charge in [0.2, 0.25) is 5.95 Å². The maximum absolute atomic E-state index is 4.25. The standard InChI is InChI=1S/C9H17N5/c1-3-5-10-8-7-12-14-9(13-8)11-6-4-2/h7H,3-6H2,1-2H3,(H2,10,11,13,14). The van der Waals surface area contributed by atoms with Crippen molar-refractivity contribution in [3.63, 3.8) is 0 Å². The fourth-order valence-corrected chi connectivity index (χ4v) is 0.953. The molecule has 0 fully saturated rings. The van der Waals surface area contributed by atoms with Crippen molar-refractivity contribution in [2.75, 3.05) is 23.7 Å². The summed E-state index contributed by atoms with van der Waals surface area (Å²) in [4.78, 5) is 4.25. The molecule has 2 N–H and O–H groups in total. The van der Waals surface area contributed by atoms with Gasteiger partial charge in [-0.3, -0.25) is 0 Å². The molecule has 0 amide bonds. The van der Waals surface area contributed by atoms with Crippen LogP contribution in [-0.4, -0.2) is 28.3 Å². The van der Waals surface area contributed by atoms with Gasteiger partial charge in [0.15, 0.2) is 0 Å². The Morgan fingerprint density at radius 1 is 1.14 bits per heavy atom. The van der Waals surface area contributed by atoms with E-state index in [1.165, 1.54) is 0 Å². The SMILES string of the molecule is CCCNc1cnnc(NCCC)n1. The fourth-order valence-electron chi connectivity index (χ4n) is 0.953. The van der Waals surface area contributed by atoms with Crippen LogP contribution in [0.3, 0.4) is 0 Å². The van der Waals surface area contributed by atoms with E-state index in [2.05, 4.69) is 39.7 Å². The highest BCUT2D eigenvalue weighted by atomic mass is 15.3. The van der Waals surface area contributed by atoms with Crippen molar-refractivity contribution in [1.29, 1.82) is 0 Å². The summed E-state index contributed by atoms with van der Waals surface area (Å²) in [5.74, 6) is 1.37. The third-order valence-electron chi connectivity index (χ3n) is 1.65. The Hall–Kier alpha value is -1.39. The maximum atomic E-state index is 4.25. The third-order valence-corrected chi connectivity index (χ3v) is 1.65. The molecule has 0 saturated carbocycles. The minimum Gasteiger partial charge on any atom is -0.369 e. The lowest BCUT2D eigenvalue weighted by atomic mass is 10.5. The Balaban J connectivity index is 2.50. The zero-order chi connectivity index (χ0) is 10.2. The molecule has 0 atom stereocenters. The molecule has 0 aromatic carbocycles. The van der Waals surface area contributed by atoms with E-state index in [1.54, 1.807) is 6.20 Å². The van der Waals surface area contributed by atoms with Crippen LogP contribution in [0.4, 0.5) is 11.8 Å². The van der Waals surface area contributed by atoms with Gasteiger partial charge in [0.25, 0.3) is 0 Å². The summed E-state index contributed by atoms with van der Waals surface area (Å²) in [5, 5.41) is 14.0. The molecule has 1 heterocycles. The largest absolute Gasteiger partial charge is 0.369 e. The predicted octanol–water partition coefficient (Wildman–Crippen LogP) is 1.52. The summed E-state index contributed by atoms with van der Waals surface area (Å²) in [6.45, 7) is 5.99. The molecule has 14 heavy (non-hydrogen) atoms. The van der Waals surface area contributed by atoms with Gasteiger partial charge < -0.3 is 10.6 Å². The van der Waals surface area contributed by atoms with E-state index in [0.29, 0.717) is 5.95 Å². The highest BCUT2D eigenvalue weighted by Gasteiger charge is 1.97. The first-order valence-electron chi connectivity index (χ1n) is 5.04. The molecule has 1 rings (SSSR count). The summed E-state index contributed by atoms with van der Waals surface area (Å²) in [5.41, 5.74) is 0. The van der Waals surface area contributed by atoms with Gasteiger partial charge in [0.05, 0.1) is 6.20 Å². The average molecular weight is 195 g/mol. The van der Waals surface area contributed by atoms with Crippen LogP contribution in [0.2, 0.25) is 0 Å². The predicted molar refractivity (Wildman–Crippen MR) is 57.4 cm³/mol. The van der Waals surface area contributed by atoms with Crippen molar-refractivity contribution >= 4 is 11.8 Å². The van der Waals surface area contributed by atoms with Gasteiger partial charge in [-0.15, -0.1) is 5.10 Å². The number of anilines is 2. The molecule has 5 heteroatoms. The molecular formula is C9H17N5. The Kier molecular flexibility index (Phi) is 4.68. The molecular weight excluding hydrogens is 178 g/mol. The third kappa shape index (κ3) is 3.55. The number of hydrogen-bond donors (Lipinski definition) is 2. The molecule has 0 spiro atoms. The Morgan fingerprint density at radius 2 is 1.86 bits per heavy atom. The van der Waals surface area contributed by atoms with E-state index in [1.807, 2.05) is 0 Å². The summed E-state index contributed by atoms with van der Waals surface area (Å²) in [6.07, 6.45) is 3.75. The van der Waals surface area contributed by atoms with Crippen molar-refractivity contribution in [2.24, 2.45) is 0 Å². The minimum atomic E-state index is 0.591. The van der Waals surface area contributed by atoms with Crippen molar-refractivity contribution < 1.29 is 0 Å². The van der Waals surface area contributed by atoms with Crippen LogP contribution in [0.5, 0.6) is 0 Å². The number of hydrogen-bond acceptors (Lipinski definition) is 5. The molecule has 1 aromatic heterocycles. The second-order valence-electron chi connectivity index (χ2n) is 3.02. The van der Waals surface area contributed by atoms with Crippen molar-refractivity contribution in [1.82, 2.24) is 15.2 Å². The second-order valence-corrected chi connectivity index (χ2v) is 3.02. The lowest BCUT2D eigenvalue weighted by molar-refractivity contribution is 0.900. The van der Waals surface area contributed by atoms with Gasteiger partial charge in [-0.1, -0.05) is 13.8 Å². The molecule has 5 nitrogen and oxygen atoms in total. The zero-order valence-corrected chi connectivity index (χ0v) is 8.75.